The topological polar surface area (TPSA) is 76.5 Å². The van der Waals surface area contributed by atoms with E-state index in [1.54, 1.807) is 18.2 Å². The van der Waals surface area contributed by atoms with Crippen molar-refractivity contribution in [1.82, 2.24) is 14.9 Å². The molecular weight excluding hydrogens is 368 g/mol. The van der Waals surface area contributed by atoms with Gasteiger partial charge in [0.1, 0.15) is 11.4 Å². The molecule has 2 aromatic heterocycles. The average molecular weight is 392 g/mol. The first kappa shape index (κ1) is 19.0. The molecule has 1 N–H and O–H groups in total. The third kappa shape index (κ3) is 4.08. The lowest BCUT2D eigenvalue weighted by molar-refractivity contribution is -0.126. The molecule has 1 aliphatic heterocycles. The summed E-state index contributed by atoms with van der Waals surface area (Å²) >= 11 is 0. The van der Waals surface area contributed by atoms with Crippen molar-refractivity contribution in [3.63, 3.8) is 0 Å². The standard InChI is InChI=1S/C22H24N4O3/c1-29-19-7-2-6-18(14-19)26-15-17(13-20(26)27)22(28)24-10-4-11-25-12-8-16-5-3-9-23-21(16)25/h2-3,5-9,12,14,17H,4,10-11,13,15H2,1H3,(H,24,28). The Labute approximate surface area is 169 Å². The van der Waals surface area contributed by atoms with E-state index in [-0.39, 0.29) is 24.2 Å². The van der Waals surface area contributed by atoms with Crippen molar-refractivity contribution in [2.24, 2.45) is 5.92 Å². The van der Waals surface area contributed by atoms with Crippen molar-refractivity contribution in [3.8, 4) is 5.75 Å². The summed E-state index contributed by atoms with van der Waals surface area (Å²) in [7, 11) is 1.59. The highest BCUT2D eigenvalue weighted by atomic mass is 16.5. The molecule has 7 nitrogen and oxygen atoms in total. The van der Waals surface area contributed by atoms with E-state index in [9.17, 15) is 9.59 Å². The van der Waals surface area contributed by atoms with Crippen LogP contribution >= 0.6 is 0 Å². The minimum Gasteiger partial charge on any atom is -0.497 e. The number of rotatable bonds is 7. The number of carbonyl (C=O) groups is 2. The van der Waals surface area contributed by atoms with E-state index in [0.717, 1.165) is 29.7 Å². The van der Waals surface area contributed by atoms with Crippen LogP contribution < -0.4 is 15.0 Å². The molecular formula is C22H24N4O3. The summed E-state index contributed by atoms with van der Waals surface area (Å²) in [6.45, 7) is 1.74. The Morgan fingerprint density at radius 3 is 3.03 bits per heavy atom. The van der Waals surface area contributed by atoms with Crippen molar-refractivity contribution in [3.05, 3.63) is 54.9 Å². The van der Waals surface area contributed by atoms with Gasteiger partial charge in [-0.3, -0.25) is 9.59 Å². The first-order chi connectivity index (χ1) is 14.2. The van der Waals surface area contributed by atoms with Crippen molar-refractivity contribution in [2.75, 3.05) is 25.1 Å². The molecule has 1 aliphatic rings. The van der Waals surface area contributed by atoms with Crippen molar-refractivity contribution < 1.29 is 14.3 Å². The van der Waals surface area contributed by atoms with Gasteiger partial charge in [0.25, 0.3) is 0 Å². The molecule has 0 aliphatic carbocycles. The summed E-state index contributed by atoms with van der Waals surface area (Å²) in [5.74, 6) is 0.250. The molecule has 3 heterocycles. The third-order valence-corrected chi connectivity index (χ3v) is 5.26. The Bertz CT molecular complexity index is 1030. The quantitative estimate of drug-likeness (QED) is 0.627. The van der Waals surface area contributed by atoms with E-state index < -0.39 is 0 Å². The minimum atomic E-state index is -0.331. The molecule has 1 fully saturated rings. The molecule has 0 bridgehead atoms. The largest absolute Gasteiger partial charge is 0.497 e. The van der Waals surface area contributed by atoms with E-state index in [1.807, 2.05) is 48.7 Å². The van der Waals surface area contributed by atoms with Gasteiger partial charge in [-0.25, -0.2) is 4.98 Å². The van der Waals surface area contributed by atoms with Gasteiger partial charge < -0.3 is 19.5 Å². The van der Waals surface area contributed by atoms with E-state index in [4.69, 9.17) is 4.74 Å². The number of pyridine rings is 1. The fraction of sp³-hybridized carbons (Fsp3) is 0.318. The molecule has 1 atom stereocenters. The molecule has 7 heteroatoms. The fourth-order valence-corrected chi connectivity index (χ4v) is 3.72. The maximum Gasteiger partial charge on any atom is 0.227 e. The summed E-state index contributed by atoms with van der Waals surface area (Å²) in [6.07, 6.45) is 4.83. The Balaban J connectivity index is 1.28. The zero-order chi connectivity index (χ0) is 20.2. The molecule has 3 aromatic rings. The highest BCUT2D eigenvalue weighted by Crippen LogP contribution is 2.28. The molecule has 1 aromatic carbocycles. The smallest absolute Gasteiger partial charge is 0.227 e. The number of aryl methyl sites for hydroxylation is 1. The fourth-order valence-electron chi connectivity index (χ4n) is 3.72. The van der Waals surface area contributed by atoms with Crippen LogP contribution in [0.25, 0.3) is 11.0 Å². The third-order valence-electron chi connectivity index (χ3n) is 5.26. The van der Waals surface area contributed by atoms with Crippen LogP contribution in [0, 0.1) is 5.92 Å². The number of amides is 2. The van der Waals surface area contributed by atoms with Crippen LogP contribution in [-0.4, -0.2) is 41.6 Å². The normalized spacial score (nSPS) is 16.4. The Morgan fingerprint density at radius 1 is 1.28 bits per heavy atom. The van der Waals surface area contributed by atoms with E-state index in [1.165, 1.54) is 0 Å². The van der Waals surface area contributed by atoms with Gasteiger partial charge in [0.05, 0.1) is 13.0 Å². The first-order valence-corrected chi connectivity index (χ1v) is 9.77. The number of benzene rings is 1. The molecule has 150 valence electrons. The van der Waals surface area contributed by atoms with Gasteiger partial charge in [-0.2, -0.15) is 0 Å². The second-order valence-electron chi connectivity index (χ2n) is 7.18. The van der Waals surface area contributed by atoms with Crippen LogP contribution in [0.5, 0.6) is 5.75 Å². The lowest BCUT2D eigenvalue weighted by Crippen LogP contribution is -2.33. The van der Waals surface area contributed by atoms with Crippen LogP contribution in [0.4, 0.5) is 5.69 Å². The van der Waals surface area contributed by atoms with Gasteiger partial charge in [0, 0.05) is 55.6 Å². The number of methoxy groups -OCH3 is 1. The summed E-state index contributed by atoms with van der Waals surface area (Å²) in [5.41, 5.74) is 1.71. The second kappa shape index (κ2) is 8.34. The highest BCUT2D eigenvalue weighted by Gasteiger charge is 2.35. The van der Waals surface area contributed by atoms with Gasteiger partial charge in [-0.05, 0) is 36.8 Å². The van der Waals surface area contributed by atoms with Crippen LogP contribution in [0.1, 0.15) is 12.8 Å². The number of fused-ring (bicyclic) bond motifs is 1. The lowest BCUT2D eigenvalue weighted by atomic mass is 10.1. The molecule has 1 unspecified atom stereocenters. The van der Waals surface area contributed by atoms with Gasteiger partial charge in [0.2, 0.25) is 11.8 Å². The Morgan fingerprint density at radius 2 is 2.17 bits per heavy atom. The van der Waals surface area contributed by atoms with E-state index in [0.29, 0.717) is 18.8 Å². The second-order valence-corrected chi connectivity index (χ2v) is 7.18. The maximum absolute atomic E-state index is 12.5. The van der Waals surface area contributed by atoms with Gasteiger partial charge in [0.15, 0.2) is 0 Å². The van der Waals surface area contributed by atoms with Crippen molar-refractivity contribution >= 4 is 28.5 Å². The molecule has 0 saturated carbocycles. The summed E-state index contributed by atoms with van der Waals surface area (Å²) in [6, 6.07) is 13.3. The molecule has 2 amide bonds. The summed E-state index contributed by atoms with van der Waals surface area (Å²) in [5, 5.41) is 4.08. The van der Waals surface area contributed by atoms with Gasteiger partial charge >= 0.3 is 0 Å². The van der Waals surface area contributed by atoms with Crippen LogP contribution in [-0.2, 0) is 16.1 Å². The number of aromatic nitrogens is 2. The number of carbonyl (C=O) groups excluding carboxylic acids is 2. The monoisotopic (exact) mass is 392 g/mol. The Kier molecular flexibility index (Phi) is 5.46. The molecule has 0 spiro atoms. The predicted octanol–water partition coefficient (Wildman–Crippen LogP) is 2.60. The van der Waals surface area contributed by atoms with Crippen molar-refractivity contribution in [1.29, 1.82) is 0 Å². The maximum atomic E-state index is 12.5. The molecule has 1 saturated heterocycles. The highest BCUT2D eigenvalue weighted by molar-refractivity contribution is 6.00. The number of hydrogen-bond acceptors (Lipinski definition) is 4. The summed E-state index contributed by atoms with van der Waals surface area (Å²) in [4.78, 5) is 31.0. The number of anilines is 1. The molecule has 29 heavy (non-hydrogen) atoms. The molecule has 0 radical (unpaired) electrons. The van der Waals surface area contributed by atoms with E-state index >= 15 is 0 Å². The number of ether oxygens (including phenoxy) is 1. The summed E-state index contributed by atoms with van der Waals surface area (Å²) < 4.78 is 7.31. The Hall–Kier alpha value is -3.35. The van der Waals surface area contributed by atoms with Crippen molar-refractivity contribution in [2.45, 2.75) is 19.4 Å². The zero-order valence-electron chi connectivity index (χ0n) is 16.4. The number of nitrogens with zero attached hydrogens (tertiary/aromatic N) is 3. The minimum absolute atomic E-state index is 0.0386. The number of hydrogen-bond donors (Lipinski definition) is 1. The zero-order valence-corrected chi connectivity index (χ0v) is 16.4. The lowest BCUT2D eigenvalue weighted by Gasteiger charge is -2.17. The average Bonchev–Trinajstić information content (AvgIpc) is 3.35. The first-order valence-electron chi connectivity index (χ1n) is 9.77. The van der Waals surface area contributed by atoms with Gasteiger partial charge in [-0.15, -0.1) is 0 Å². The van der Waals surface area contributed by atoms with Crippen LogP contribution in [0.15, 0.2) is 54.9 Å². The van der Waals surface area contributed by atoms with E-state index in [2.05, 4.69) is 14.9 Å². The molecule has 4 rings (SSSR count). The van der Waals surface area contributed by atoms with Crippen LogP contribution in [0.3, 0.4) is 0 Å². The van der Waals surface area contributed by atoms with Gasteiger partial charge in [-0.1, -0.05) is 6.07 Å². The SMILES string of the molecule is COc1cccc(N2CC(C(=O)NCCCn3ccc4cccnc43)CC2=O)c1. The number of nitrogens with one attached hydrogen (secondary N) is 1. The van der Waals surface area contributed by atoms with Crippen LogP contribution in [0.2, 0.25) is 0 Å². The predicted molar refractivity (Wildman–Crippen MR) is 111 cm³/mol.